The molecule has 0 bridgehead atoms. The zero-order valence-corrected chi connectivity index (χ0v) is 11.1. The number of aromatic nitrogens is 2. The van der Waals surface area contributed by atoms with Gasteiger partial charge in [0.1, 0.15) is 12.2 Å². The maximum Gasteiger partial charge on any atom is 0.313 e. The van der Waals surface area contributed by atoms with Gasteiger partial charge in [-0.3, -0.25) is 4.79 Å². The van der Waals surface area contributed by atoms with Gasteiger partial charge in [0.2, 0.25) is 0 Å². The Morgan fingerprint density at radius 2 is 2.22 bits per heavy atom. The zero-order chi connectivity index (χ0) is 13.1. The molecule has 4 nitrogen and oxygen atoms in total. The molecule has 18 heavy (non-hydrogen) atoms. The minimum Gasteiger partial charge on any atom is -0.469 e. The smallest absolute Gasteiger partial charge is 0.313 e. The van der Waals surface area contributed by atoms with Crippen molar-refractivity contribution >= 4 is 17.0 Å². The molecule has 96 valence electrons. The van der Waals surface area contributed by atoms with Gasteiger partial charge in [0.05, 0.1) is 18.1 Å². The molecule has 0 saturated carbocycles. The summed E-state index contributed by atoms with van der Waals surface area (Å²) in [4.78, 5) is 15.9. The van der Waals surface area contributed by atoms with Crippen LogP contribution in [0.25, 0.3) is 11.0 Å². The fourth-order valence-corrected chi connectivity index (χ4v) is 2.10. The summed E-state index contributed by atoms with van der Waals surface area (Å²) < 4.78 is 6.82. The van der Waals surface area contributed by atoms with Crippen molar-refractivity contribution in [1.29, 1.82) is 0 Å². The molecular weight excluding hydrogens is 228 g/mol. The lowest BCUT2D eigenvalue weighted by atomic mass is 10.2. The molecule has 0 unspecified atom stereocenters. The summed E-state index contributed by atoms with van der Waals surface area (Å²) in [6, 6.07) is 6.18. The first-order chi connectivity index (χ1) is 8.65. The van der Waals surface area contributed by atoms with Crippen LogP contribution in [0, 0.1) is 6.92 Å². The second-order valence-corrected chi connectivity index (χ2v) is 4.42. The van der Waals surface area contributed by atoms with Crippen LogP contribution in [0.5, 0.6) is 0 Å². The molecule has 0 fully saturated rings. The fourth-order valence-electron chi connectivity index (χ4n) is 2.10. The summed E-state index contributed by atoms with van der Waals surface area (Å²) in [6.45, 7) is 5.02. The first kappa shape index (κ1) is 12.6. The van der Waals surface area contributed by atoms with Crippen LogP contribution in [0.3, 0.4) is 0 Å². The van der Waals surface area contributed by atoms with Crippen molar-refractivity contribution in [2.45, 2.75) is 33.2 Å². The van der Waals surface area contributed by atoms with Gasteiger partial charge in [0, 0.05) is 6.54 Å². The van der Waals surface area contributed by atoms with Crippen molar-refractivity contribution < 1.29 is 9.53 Å². The van der Waals surface area contributed by atoms with E-state index in [2.05, 4.69) is 28.6 Å². The van der Waals surface area contributed by atoms with E-state index < -0.39 is 0 Å². The van der Waals surface area contributed by atoms with Gasteiger partial charge in [-0.05, 0) is 31.0 Å². The third kappa shape index (κ3) is 2.37. The largest absolute Gasteiger partial charge is 0.469 e. The molecular formula is C14H18N2O2. The molecule has 0 spiro atoms. The van der Waals surface area contributed by atoms with Crippen LogP contribution in [0.15, 0.2) is 18.2 Å². The molecule has 0 amide bonds. The third-order valence-corrected chi connectivity index (χ3v) is 2.96. The van der Waals surface area contributed by atoms with Gasteiger partial charge in [-0.15, -0.1) is 0 Å². The lowest BCUT2D eigenvalue weighted by Gasteiger charge is -2.06. The maximum absolute atomic E-state index is 11.4. The molecule has 0 radical (unpaired) electrons. The number of esters is 1. The Labute approximate surface area is 107 Å². The first-order valence-corrected chi connectivity index (χ1v) is 6.18. The van der Waals surface area contributed by atoms with Crippen molar-refractivity contribution in [1.82, 2.24) is 9.55 Å². The van der Waals surface area contributed by atoms with Crippen molar-refractivity contribution in [3.63, 3.8) is 0 Å². The van der Waals surface area contributed by atoms with E-state index in [0.29, 0.717) is 0 Å². The van der Waals surface area contributed by atoms with Gasteiger partial charge in [0.25, 0.3) is 0 Å². The minimum atomic E-state index is -0.251. The van der Waals surface area contributed by atoms with Crippen molar-refractivity contribution in [2.75, 3.05) is 7.11 Å². The van der Waals surface area contributed by atoms with Crippen molar-refractivity contribution in [3.05, 3.63) is 29.6 Å². The highest BCUT2D eigenvalue weighted by molar-refractivity contribution is 5.79. The number of hydrogen-bond acceptors (Lipinski definition) is 3. The predicted octanol–water partition coefficient (Wildman–Crippen LogP) is 2.47. The maximum atomic E-state index is 11.4. The van der Waals surface area contributed by atoms with E-state index in [1.165, 1.54) is 12.7 Å². The molecule has 2 aromatic rings. The summed E-state index contributed by atoms with van der Waals surface area (Å²) in [5.41, 5.74) is 3.21. The molecule has 0 aliphatic rings. The summed E-state index contributed by atoms with van der Waals surface area (Å²) in [7, 11) is 1.40. The van der Waals surface area contributed by atoms with E-state index >= 15 is 0 Å². The number of imidazole rings is 1. The van der Waals surface area contributed by atoms with E-state index in [4.69, 9.17) is 4.74 Å². The number of ether oxygens (including phenoxy) is 1. The number of carbonyl (C=O) groups excluding carboxylic acids is 1. The third-order valence-electron chi connectivity index (χ3n) is 2.96. The molecule has 4 heteroatoms. The molecule has 1 aromatic heterocycles. The summed E-state index contributed by atoms with van der Waals surface area (Å²) in [6.07, 6.45) is 1.23. The molecule has 0 aliphatic carbocycles. The Kier molecular flexibility index (Phi) is 3.65. The van der Waals surface area contributed by atoms with Crippen LogP contribution in [0.2, 0.25) is 0 Å². The molecule has 0 N–H and O–H groups in total. The minimum absolute atomic E-state index is 0.226. The average Bonchev–Trinajstić information content (AvgIpc) is 2.67. The average molecular weight is 246 g/mol. The highest BCUT2D eigenvalue weighted by Crippen LogP contribution is 2.19. The standard InChI is InChI=1S/C14H18N2O2/c1-4-7-16-12-6-5-10(2)8-11(12)15-13(16)9-14(17)18-3/h5-6,8H,4,7,9H2,1-3H3. The van der Waals surface area contributed by atoms with E-state index in [0.717, 1.165) is 29.8 Å². The molecule has 0 saturated heterocycles. The number of benzene rings is 1. The van der Waals surface area contributed by atoms with Crippen LogP contribution >= 0.6 is 0 Å². The van der Waals surface area contributed by atoms with Gasteiger partial charge in [0.15, 0.2) is 0 Å². The Hall–Kier alpha value is -1.84. The number of nitrogens with zero attached hydrogens (tertiary/aromatic N) is 2. The van der Waals surface area contributed by atoms with Crippen LogP contribution in [-0.2, 0) is 22.5 Å². The van der Waals surface area contributed by atoms with Crippen LogP contribution in [0.1, 0.15) is 24.7 Å². The quantitative estimate of drug-likeness (QED) is 0.778. The normalized spacial score (nSPS) is 10.8. The van der Waals surface area contributed by atoms with Gasteiger partial charge in [-0.25, -0.2) is 4.98 Å². The number of hydrogen-bond donors (Lipinski definition) is 0. The van der Waals surface area contributed by atoms with E-state index in [1.807, 2.05) is 13.0 Å². The summed E-state index contributed by atoms with van der Waals surface area (Å²) in [5, 5.41) is 0. The van der Waals surface area contributed by atoms with Crippen LogP contribution in [0.4, 0.5) is 0 Å². The van der Waals surface area contributed by atoms with Crippen LogP contribution in [-0.4, -0.2) is 22.6 Å². The monoisotopic (exact) mass is 246 g/mol. The Morgan fingerprint density at radius 1 is 1.44 bits per heavy atom. The SMILES string of the molecule is CCCn1c(CC(=O)OC)nc2cc(C)ccc21. The molecule has 1 aromatic carbocycles. The number of methoxy groups -OCH3 is 1. The van der Waals surface area contributed by atoms with E-state index in [9.17, 15) is 4.79 Å². The van der Waals surface area contributed by atoms with Crippen molar-refractivity contribution in [2.24, 2.45) is 0 Å². The van der Waals surface area contributed by atoms with Gasteiger partial charge >= 0.3 is 5.97 Å². The van der Waals surface area contributed by atoms with Crippen LogP contribution < -0.4 is 0 Å². The number of aryl methyl sites for hydroxylation is 2. The van der Waals surface area contributed by atoms with E-state index in [-0.39, 0.29) is 12.4 Å². The topological polar surface area (TPSA) is 44.1 Å². The van der Waals surface area contributed by atoms with Crippen molar-refractivity contribution in [3.8, 4) is 0 Å². The lowest BCUT2D eigenvalue weighted by molar-refractivity contribution is -0.139. The van der Waals surface area contributed by atoms with Gasteiger partial charge in [-0.1, -0.05) is 13.0 Å². The second-order valence-electron chi connectivity index (χ2n) is 4.42. The second kappa shape index (κ2) is 5.21. The number of carbonyl (C=O) groups is 1. The predicted molar refractivity (Wildman–Crippen MR) is 70.5 cm³/mol. The fraction of sp³-hybridized carbons (Fsp3) is 0.429. The molecule has 0 atom stereocenters. The molecule has 1 heterocycles. The zero-order valence-electron chi connectivity index (χ0n) is 11.1. The van der Waals surface area contributed by atoms with Gasteiger partial charge < -0.3 is 9.30 Å². The number of rotatable bonds is 4. The Morgan fingerprint density at radius 3 is 2.89 bits per heavy atom. The highest BCUT2D eigenvalue weighted by atomic mass is 16.5. The molecule has 0 aliphatic heterocycles. The van der Waals surface area contributed by atoms with E-state index in [1.54, 1.807) is 0 Å². The number of fused-ring (bicyclic) bond motifs is 1. The first-order valence-electron chi connectivity index (χ1n) is 6.18. The van der Waals surface area contributed by atoms with Gasteiger partial charge in [-0.2, -0.15) is 0 Å². The highest BCUT2D eigenvalue weighted by Gasteiger charge is 2.13. The lowest BCUT2D eigenvalue weighted by Crippen LogP contribution is -2.11. The summed E-state index contributed by atoms with van der Waals surface area (Å²) in [5.74, 6) is 0.531. The molecule has 2 rings (SSSR count). The Balaban J connectivity index is 2.49. The Bertz CT molecular complexity index is 572. The summed E-state index contributed by atoms with van der Waals surface area (Å²) >= 11 is 0.